The minimum Gasteiger partial charge on any atom is -0.490 e. The molecule has 0 atom stereocenters. The van der Waals surface area contributed by atoms with Gasteiger partial charge in [0.2, 0.25) is 11.8 Å². The lowest BCUT2D eigenvalue weighted by molar-refractivity contribution is -0.125. The maximum absolute atomic E-state index is 12.2. The van der Waals surface area contributed by atoms with Gasteiger partial charge in [-0.05, 0) is 71.9 Å². The highest BCUT2D eigenvalue weighted by Crippen LogP contribution is 2.24. The molecule has 7 heteroatoms. The van der Waals surface area contributed by atoms with E-state index in [1.54, 1.807) is 6.07 Å². The van der Waals surface area contributed by atoms with E-state index in [2.05, 4.69) is 63.5 Å². The number of nitrogens with one attached hydrogen (secondary N) is 2. The molecule has 0 unspecified atom stereocenters. The Hall–Kier alpha value is -2.38. The second-order valence-electron chi connectivity index (χ2n) is 7.67. The number of aryl methyl sites for hydroxylation is 2. The van der Waals surface area contributed by atoms with Gasteiger partial charge in [0.15, 0.2) is 0 Å². The lowest BCUT2D eigenvalue weighted by atomic mass is 10.1. The van der Waals surface area contributed by atoms with E-state index in [0.717, 1.165) is 41.7 Å². The van der Waals surface area contributed by atoms with Gasteiger partial charge in [-0.2, -0.15) is 0 Å². The molecule has 1 fully saturated rings. The number of amides is 2. The summed E-state index contributed by atoms with van der Waals surface area (Å²) in [6.45, 7) is 5.95. The summed E-state index contributed by atoms with van der Waals surface area (Å²) < 4.78 is 6.98. The van der Waals surface area contributed by atoms with E-state index in [1.165, 1.54) is 5.56 Å². The fourth-order valence-electron chi connectivity index (χ4n) is 3.39. The van der Waals surface area contributed by atoms with Crippen molar-refractivity contribution in [3.8, 4) is 5.75 Å². The van der Waals surface area contributed by atoms with Gasteiger partial charge in [0.1, 0.15) is 11.9 Å². The third kappa shape index (κ3) is 6.57. The predicted molar refractivity (Wildman–Crippen MR) is 122 cm³/mol. The van der Waals surface area contributed by atoms with E-state index >= 15 is 0 Å². The Morgan fingerprint density at radius 3 is 2.57 bits per heavy atom. The number of anilines is 1. The standard InChI is InChI=1S/C23H28BrN3O3/c1-16-7-8-17(2)21(13-16)30-18-9-11-27(12-10-18)15-23(29)25-14-22(28)26-20-6-4-3-5-19(20)24/h3-8,13,18H,9-12,14-15H2,1-2H3,(H,25,29)(H,26,28). The van der Waals surface area contributed by atoms with Crippen molar-refractivity contribution in [1.82, 2.24) is 10.2 Å². The Morgan fingerprint density at radius 1 is 1.10 bits per heavy atom. The van der Waals surface area contributed by atoms with Crippen molar-refractivity contribution in [2.45, 2.75) is 32.8 Å². The van der Waals surface area contributed by atoms with Crippen molar-refractivity contribution < 1.29 is 14.3 Å². The highest BCUT2D eigenvalue weighted by Gasteiger charge is 2.22. The molecule has 1 heterocycles. The van der Waals surface area contributed by atoms with Gasteiger partial charge in [-0.1, -0.05) is 24.3 Å². The van der Waals surface area contributed by atoms with E-state index in [-0.39, 0.29) is 24.5 Å². The van der Waals surface area contributed by atoms with Crippen LogP contribution in [0, 0.1) is 13.8 Å². The van der Waals surface area contributed by atoms with Crippen LogP contribution in [0.3, 0.4) is 0 Å². The number of piperidine rings is 1. The van der Waals surface area contributed by atoms with Crippen LogP contribution >= 0.6 is 15.9 Å². The molecule has 0 aromatic heterocycles. The molecule has 3 rings (SSSR count). The van der Waals surface area contributed by atoms with Crippen LogP contribution in [-0.2, 0) is 9.59 Å². The third-order valence-electron chi connectivity index (χ3n) is 5.13. The number of para-hydroxylation sites is 1. The molecule has 2 N–H and O–H groups in total. The summed E-state index contributed by atoms with van der Waals surface area (Å²) >= 11 is 3.38. The van der Waals surface area contributed by atoms with Crippen molar-refractivity contribution in [3.63, 3.8) is 0 Å². The maximum atomic E-state index is 12.2. The van der Waals surface area contributed by atoms with Crippen molar-refractivity contribution in [2.24, 2.45) is 0 Å². The highest BCUT2D eigenvalue weighted by molar-refractivity contribution is 9.10. The molecule has 0 radical (unpaired) electrons. The van der Waals surface area contributed by atoms with Gasteiger partial charge in [0.05, 0.1) is 18.8 Å². The Balaban J connectivity index is 1.37. The number of hydrogen-bond acceptors (Lipinski definition) is 4. The summed E-state index contributed by atoms with van der Waals surface area (Å²) in [5, 5.41) is 5.47. The zero-order valence-corrected chi connectivity index (χ0v) is 19.0. The molecule has 1 aliphatic rings. The molecule has 2 amide bonds. The molecule has 0 bridgehead atoms. The van der Waals surface area contributed by atoms with Gasteiger partial charge in [-0.25, -0.2) is 0 Å². The number of carbonyl (C=O) groups is 2. The van der Waals surface area contributed by atoms with Gasteiger partial charge in [-0.15, -0.1) is 0 Å². The van der Waals surface area contributed by atoms with Gasteiger partial charge in [0, 0.05) is 17.6 Å². The number of ether oxygens (including phenoxy) is 1. The number of carbonyl (C=O) groups excluding carboxylic acids is 2. The van der Waals surface area contributed by atoms with Crippen LogP contribution in [0.25, 0.3) is 0 Å². The zero-order chi connectivity index (χ0) is 21.5. The number of likely N-dealkylation sites (tertiary alicyclic amines) is 1. The molecule has 0 aliphatic carbocycles. The average Bonchev–Trinajstić information content (AvgIpc) is 2.72. The van der Waals surface area contributed by atoms with Crippen molar-refractivity contribution in [3.05, 3.63) is 58.1 Å². The van der Waals surface area contributed by atoms with Crippen LogP contribution in [0.1, 0.15) is 24.0 Å². The molecular weight excluding hydrogens is 446 g/mol. The Kier molecular flexibility index (Phi) is 7.87. The fraction of sp³-hybridized carbons (Fsp3) is 0.391. The van der Waals surface area contributed by atoms with Gasteiger partial charge in [0.25, 0.3) is 0 Å². The number of benzene rings is 2. The fourth-order valence-corrected chi connectivity index (χ4v) is 3.78. The molecule has 1 saturated heterocycles. The summed E-state index contributed by atoms with van der Waals surface area (Å²) in [4.78, 5) is 26.4. The minimum absolute atomic E-state index is 0.0492. The summed E-state index contributed by atoms with van der Waals surface area (Å²) in [6, 6.07) is 13.6. The second-order valence-corrected chi connectivity index (χ2v) is 8.52. The number of nitrogens with zero attached hydrogens (tertiary/aromatic N) is 1. The van der Waals surface area contributed by atoms with Gasteiger partial charge < -0.3 is 15.4 Å². The summed E-state index contributed by atoms with van der Waals surface area (Å²) in [5.41, 5.74) is 3.01. The Bertz CT molecular complexity index is 895. The quantitative estimate of drug-likeness (QED) is 0.643. The molecule has 0 spiro atoms. The molecular formula is C23H28BrN3O3. The van der Waals surface area contributed by atoms with Gasteiger partial charge in [-0.3, -0.25) is 14.5 Å². The first-order valence-corrected chi connectivity index (χ1v) is 11.0. The smallest absolute Gasteiger partial charge is 0.243 e. The van der Waals surface area contributed by atoms with Crippen LogP contribution in [0.5, 0.6) is 5.75 Å². The highest BCUT2D eigenvalue weighted by atomic mass is 79.9. The normalized spacial score (nSPS) is 14.9. The maximum Gasteiger partial charge on any atom is 0.243 e. The summed E-state index contributed by atoms with van der Waals surface area (Å²) in [6.07, 6.45) is 1.92. The molecule has 160 valence electrons. The topological polar surface area (TPSA) is 70.7 Å². The number of rotatable bonds is 7. The van der Waals surface area contributed by atoms with E-state index in [9.17, 15) is 9.59 Å². The molecule has 0 saturated carbocycles. The Morgan fingerprint density at radius 2 is 1.83 bits per heavy atom. The van der Waals surface area contributed by atoms with E-state index < -0.39 is 0 Å². The van der Waals surface area contributed by atoms with Crippen molar-refractivity contribution in [2.75, 3.05) is 31.5 Å². The predicted octanol–water partition coefficient (Wildman–Crippen LogP) is 3.66. The molecule has 30 heavy (non-hydrogen) atoms. The molecule has 2 aromatic carbocycles. The zero-order valence-electron chi connectivity index (χ0n) is 17.4. The lowest BCUT2D eigenvalue weighted by Crippen LogP contribution is -2.45. The van der Waals surface area contributed by atoms with Gasteiger partial charge >= 0.3 is 0 Å². The van der Waals surface area contributed by atoms with Crippen molar-refractivity contribution in [1.29, 1.82) is 0 Å². The largest absolute Gasteiger partial charge is 0.490 e. The van der Waals surface area contributed by atoms with Crippen LogP contribution in [0.2, 0.25) is 0 Å². The van der Waals surface area contributed by atoms with Crippen LogP contribution < -0.4 is 15.4 Å². The summed E-state index contributed by atoms with van der Waals surface area (Å²) in [7, 11) is 0. The first kappa shape index (κ1) is 22.3. The van der Waals surface area contributed by atoms with E-state index in [0.29, 0.717) is 12.2 Å². The SMILES string of the molecule is Cc1ccc(C)c(OC2CCN(CC(=O)NCC(=O)Nc3ccccc3Br)CC2)c1. The first-order valence-electron chi connectivity index (χ1n) is 10.2. The Labute approximate surface area is 186 Å². The lowest BCUT2D eigenvalue weighted by Gasteiger charge is -2.32. The average molecular weight is 474 g/mol. The molecule has 1 aliphatic heterocycles. The third-order valence-corrected chi connectivity index (χ3v) is 5.82. The van der Waals surface area contributed by atoms with Crippen LogP contribution in [-0.4, -0.2) is 49.0 Å². The number of halogens is 1. The monoisotopic (exact) mass is 473 g/mol. The summed E-state index contributed by atoms with van der Waals surface area (Å²) in [5.74, 6) is 0.546. The molecule has 2 aromatic rings. The molecule has 6 nitrogen and oxygen atoms in total. The second kappa shape index (κ2) is 10.6. The van der Waals surface area contributed by atoms with E-state index in [4.69, 9.17) is 4.74 Å². The van der Waals surface area contributed by atoms with Crippen LogP contribution in [0.15, 0.2) is 46.9 Å². The van der Waals surface area contributed by atoms with Crippen LogP contribution in [0.4, 0.5) is 5.69 Å². The number of hydrogen-bond donors (Lipinski definition) is 2. The minimum atomic E-state index is -0.254. The van der Waals surface area contributed by atoms with Crippen molar-refractivity contribution >= 4 is 33.4 Å². The first-order chi connectivity index (χ1) is 14.4. The van der Waals surface area contributed by atoms with E-state index in [1.807, 2.05) is 18.2 Å².